The molecule has 2 fully saturated rings. The standard InChI is InChI=1S/C13H22N2O3/c1-2-10-5-7-14(9-10)13(18)15(11-3-4-11)8-6-12(16)17/h10-11H,2-9H2,1H3,(H,16,17). The highest BCUT2D eigenvalue weighted by atomic mass is 16.4. The van der Waals surface area contributed by atoms with Crippen LogP contribution in [-0.4, -0.2) is 52.6 Å². The minimum atomic E-state index is -0.832. The molecule has 5 nitrogen and oxygen atoms in total. The molecular weight excluding hydrogens is 232 g/mol. The Bertz CT molecular complexity index is 328. The van der Waals surface area contributed by atoms with Gasteiger partial charge >= 0.3 is 12.0 Å². The molecule has 1 N–H and O–H groups in total. The lowest BCUT2D eigenvalue weighted by Gasteiger charge is -2.27. The van der Waals surface area contributed by atoms with E-state index in [1.807, 2.05) is 4.90 Å². The summed E-state index contributed by atoms with van der Waals surface area (Å²) in [5.41, 5.74) is 0. The van der Waals surface area contributed by atoms with Gasteiger partial charge in [0.2, 0.25) is 0 Å². The number of carbonyl (C=O) groups is 2. The molecular formula is C13H22N2O3. The topological polar surface area (TPSA) is 60.9 Å². The van der Waals surface area contributed by atoms with Crippen molar-refractivity contribution in [1.82, 2.24) is 9.80 Å². The maximum Gasteiger partial charge on any atom is 0.320 e. The van der Waals surface area contributed by atoms with E-state index < -0.39 is 5.97 Å². The van der Waals surface area contributed by atoms with Gasteiger partial charge in [-0.15, -0.1) is 0 Å². The summed E-state index contributed by atoms with van der Waals surface area (Å²) >= 11 is 0. The molecule has 2 amide bonds. The van der Waals surface area contributed by atoms with Crippen LogP contribution in [0, 0.1) is 5.92 Å². The Morgan fingerprint density at radius 3 is 2.56 bits per heavy atom. The summed E-state index contributed by atoms with van der Waals surface area (Å²) in [5, 5.41) is 8.74. The van der Waals surface area contributed by atoms with Gasteiger partial charge in [0.15, 0.2) is 0 Å². The molecule has 5 heteroatoms. The predicted molar refractivity (Wildman–Crippen MR) is 67.3 cm³/mol. The Balaban J connectivity index is 1.89. The van der Waals surface area contributed by atoms with Crippen LogP contribution < -0.4 is 0 Å². The van der Waals surface area contributed by atoms with Crippen molar-refractivity contribution < 1.29 is 14.7 Å². The van der Waals surface area contributed by atoms with Gasteiger partial charge in [0.05, 0.1) is 6.42 Å². The van der Waals surface area contributed by atoms with Crippen LogP contribution in [-0.2, 0) is 4.79 Å². The van der Waals surface area contributed by atoms with Crippen LogP contribution in [0.15, 0.2) is 0 Å². The summed E-state index contributed by atoms with van der Waals surface area (Å²) in [7, 11) is 0. The van der Waals surface area contributed by atoms with Gasteiger partial charge in [-0.25, -0.2) is 4.79 Å². The summed E-state index contributed by atoms with van der Waals surface area (Å²) in [5.74, 6) is -0.212. The van der Waals surface area contributed by atoms with Crippen molar-refractivity contribution in [2.24, 2.45) is 5.92 Å². The average molecular weight is 254 g/mol. The highest BCUT2D eigenvalue weighted by Crippen LogP contribution is 2.29. The molecule has 1 saturated heterocycles. The molecule has 1 heterocycles. The minimum absolute atomic E-state index is 0.0489. The number of rotatable bonds is 5. The van der Waals surface area contributed by atoms with Crippen LogP contribution in [0.25, 0.3) is 0 Å². The summed E-state index contributed by atoms with van der Waals surface area (Å²) in [6.07, 6.45) is 4.29. The lowest BCUT2D eigenvalue weighted by Crippen LogP contribution is -2.44. The highest BCUT2D eigenvalue weighted by molar-refractivity contribution is 5.76. The number of carboxylic acid groups (broad SMARTS) is 1. The van der Waals surface area contributed by atoms with E-state index in [0.717, 1.165) is 38.8 Å². The quantitative estimate of drug-likeness (QED) is 0.813. The van der Waals surface area contributed by atoms with Crippen molar-refractivity contribution in [3.05, 3.63) is 0 Å². The Labute approximate surface area is 108 Å². The summed E-state index contributed by atoms with van der Waals surface area (Å²) in [4.78, 5) is 26.7. The molecule has 1 aliphatic carbocycles. The summed E-state index contributed by atoms with van der Waals surface area (Å²) in [6, 6.07) is 0.340. The van der Waals surface area contributed by atoms with Gasteiger partial charge in [-0.2, -0.15) is 0 Å². The Morgan fingerprint density at radius 1 is 1.33 bits per heavy atom. The third-order valence-corrected chi connectivity index (χ3v) is 3.93. The van der Waals surface area contributed by atoms with Gasteiger partial charge in [-0.05, 0) is 25.2 Å². The third-order valence-electron chi connectivity index (χ3n) is 3.93. The van der Waals surface area contributed by atoms with Crippen molar-refractivity contribution in [2.45, 2.75) is 45.1 Å². The molecule has 18 heavy (non-hydrogen) atoms. The van der Waals surface area contributed by atoms with Crippen LogP contribution in [0.4, 0.5) is 4.79 Å². The van der Waals surface area contributed by atoms with Crippen molar-refractivity contribution >= 4 is 12.0 Å². The first kappa shape index (κ1) is 13.2. The van der Waals surface area contributed by atoms with Gasteiger partial charge in [0, 0.05) is 25.7 Å². The van der Waals surface area contributed by atoms with E-state index in [1.54, 1.807) is 4.90 Å². The molecule has 1 atom stereocenters. The molecule has 1 unspecified atom stereocenters. The number of urea groups is 1. The van der Waals surface area contributed by atoms with E-state index in [1.165, 1.54) is 0 Å². The first-order valence-corrected chi connectivity index (χ1v) is 6.89. The molecule has 1 saturated carbocycles. The lowest BCUT2D eigenvalue weighted by atomic mass is 10.1. The number of amides is 2. The van der Waals surface area contributed by atoms with Crippen molar-refractivity contribution in [1.29, 1.82) is 0 Å². The fraction of sp³-hybridized carbons (Fsp3) is 0.846. The van der Waals surface area contributed by atoms with Gasteiger partial charge in [-0.1, -0.05) is 13.3 Å². The van der Waals surface area contributed by atoms with Crippen LogP contribution in [0.5, 0.6) is 0 Å². The van der Waals surface area contributed by atoms with Crippen LogP contribution in [0.3, 0.4) is 0 Å². The van der Waals surface area contributed by atoms with Crippen molar-refractivity contribution in [3.8, 4) is 0 Å². The largest absolute Gasteiger partial charge is 0.481 e. The number of likely N-dealkylation sites (tertiary alicyclic amines) is 1. The van der Waals surface area contributed by atoms with E-state index in [2.05, 4.69) is 6.92 Å². The Hall–Kier alpha value is -1.26. The molecule has 0 aromatic rings. The SMILES string of the molecule is CCC1CCN(C(=O)N(CCC(=O)O)C2CC2)C1. The van der Waals surface area contributed by atoms with E-state index >= 15 is 0 Å². The van der Waals surface area contributed by atoms with E-state index in [-0.39, 0.29) is 18.5 Å². The predicted octanol–water partition coefficient (Wildman–Crippen LogP) is 1.78. The third kappa shape index (κ3) is 3.15. The lowest BCUT2D eigenvalue weighted by molar-refractivity contribution is -0.137. The second-order valence-electron chi connectivity index (χ2n) is 5.36. The second-order valence-corrected chi connectivity index (χ2v) is 5.36. The molecule has 2 rings (SSSR count). The molecule has 0 spiro atoms. The number of hydrogen-bond acceptors (Lipinski definition) is 2. The summed E-state index contributed by atoms with van der Waals surface area (Å²) in [6.45, 7) is 4.17. The van der Waals surface area contributed by atoms with Crippen molar-refractivity contribution in [3.63, 3.8) is 0 Å². The Morgan fingerprint density at radius 2 is 2.06 bits per heavy atom. The van der Waals surface area contributed by atoms with Gasteiger partial charge in [-0.3, -0.25) is 4.79 Å². The zero-order valence-electron chi connectivity index (χ0n) is 11.0. The van der Waals surface area contributed by atoms with Gasteiger partial charge in [0.1, 0.15) is 0 Å². The molecule has 0 aromatic carbocycles. The first-order chi connectivity index (χ1) is 8.61. The average Bonchev–Trinajstić information content (AvgIpc) is 3.06. The van der Waals surface area contributed by atoms with Crippen LogP contribution >= 0.6 is 0 Å². The number of carbonyl (C=O) groups excluding carboxylic acids is 1. The molecule has 0 aromatic heterocycles. The number of carboxylic acids is 1. The van der Waals surface area contributed by atoms with E-state index in [9.17, 15) is 9.59 Å². The smallest absolute Gasteiger partial charge is 0.320 e. The fourth-order valence-electron chi connectivity index (χ4n) is 2.56. The maximum atomic E-state index is 12.4. The zero-order valence-corrected chi connectivity index (χ0v) is 11.0. The zero-order chi connectivity index (χ0) is 13.1. The fourth-order valence-corrected chi connectivity index (χ4v) is 2.56. The van der Waals surface area contributed by atoms with E-state index in [4.69, 9.17) is 5.11 Å². The van der Waals surface area contributed by atoms with Crippen LogP contribution in [0.2, 0.25) is 0 Å². The van der Waals surface area contributed by atoms with E-state index in [0.29, 0.717) is 12.5 Å². The number of aliphatic carboxylic acids is 1. The second kappa shape index (κ2) is 5.59. The molecule has 0 bridgehead atoms. The normalized spacial score (nSPS) is 23.2. The maximum absolute atomic E-state index is 12.4. The first-order valence-electron chi connectivity index (χ1n) is 6.89. The highest BCUT2D eigenvalue weighted by Gasteiger charge is 2.36. The molecule has 102 valence electrons. The van der Waals surface area contributed by atoms with Gasteiger partial charge < -0.3 is 14.9 Å². The minimum Gasteiger partial charge on any atom is -0.481 e. The molecule has 2 aliphatic rings. The summed E-state index contributed by atoms with van der Waals surface area (Å²) < 4.78 is 0. The van der Waals surface area contributed by atoms with Crippen LogP contribution in [0.1, 0.15) is 39.0 Å². The number of hydrogen-bond donors (Lipinski definition) is 1. The van der Waals surface area contributed by atoms with Gasteiger partial charge in [0.25, 0.3) is 0 Å². The molecule has 0 radical (unpaired) electrons. The Kier molecular flexibility index (Phi) is 4.09. The monoisotopic (exact) mass is 254 g/mol. The molecule has 1 aliphatic heterocycles. The van der Waals surface area contributed by atoms with Crippen molar-refractivity contribution in [2.75, 3.05) is 19.6 Å². The number of nitrogens with zero attached hydrogens (tertiary/aromatic N) is 2.